The molecular formula is C15H22N2O4S. The van der Waals surface area contributed by atoms with E-state index < -0.39 is 17.1 Å². The maximum atomic E-state index is 11.9. The first-order valence-electron chi connectivity index (χ1n) is 7.02. The van der Waals surface area contributed by atoms with Gasteiger partial charge in [-0.1, -0.05) is 0 Å². The van der Waals surface area contributed by atoms with Gasteiger partial charge in [0.15, 0.2) is 0 Å². The van der Waals surface area contributed by atoms with E-state index >= 15 is 0 Å². The number of anilines is 1. The lowest BCUT2D eigenvalue weighted by Crippen LogP contribution is -2.42. The molecule has 2 heterocycles. The average molecular weight is 326 g/mol. The van der Waals surface area contributed by atoms with Crippen LogP contribution in [0, 0.1) is 0 Å². The Bertz CT molecular complexity index is 619. The third kappa shape index (κ3) is 3.16. The SMILES string of the molecule is COCC(=O)Nc1sc2c(c1C(N)=O)CC(C)(C)OC2(C)C. The molecule has 22 heavy (non-hydrogen) atoms. The van der Waals surface area contributed by atoms with E-state index in [1.807, 2.05) is 27.7 Å². The van der Waals surface area contributed by atoms with Crippen molar-refractivity contribution in [2.45, 2.75) is 45.3 Å². The van der Waals surface area contributed by atoms with Crippen LogP contribution >= 0.6 is 11.3 Å². The average Bonchev–Trinajstić information content (AvgIpc) is 2.65. The van der Waals surface area contributed by atoms with E-state index in [2.05, 4.69) is 5.32 Å². The summed E-state index contributed by atoms with van der Waals surface area (Å²) in [4.78, 5) is 24.6. The van der Waals surface area contributed by atoms with Gasteiger partial charge in [0.2, 0.25) is 0 Å². The van der Waals surface area contributed by atoms with Crippen LogP contribution < -0.4 is 11.1 Å². The quantitative estimate of drug-likeness (QED) is 0.885. The van der Waals surface area contributed by atoms with Gasteiger partial charge in [-0.25, -0.2) is 0 Å². The molecule has 0 unspecified atom stereocenters. The first-order chi connectivity index (χ1) is 10.1. The number of fused-ring (bicyclic) bond motifs is 1. The van der Waals surface area contributed by atoms with Gasteiger partial charge in [-0.3, -0.25) is 9.59 Å². The zero-order valence-electron chi connectivity index (χ0n) is 13.5. The zero-order valence-corrected chi connectivity index (χ0v) is 14.3. The van der Waals surface area contributed by atoms with E-state index in [9.17, 15) is 9.59 Å². The Kier molecular flexibility index (Phi) is 4.34. The Hall–Kier alpha value is -1.44. The number of hydrogen-bond donors (Lipinski definition) is 2. The van der Waals surface area contributed by atoms with Gasteiger partial charge in [-0.05, 0) is 33.3 Å². The van der Waals surface area contributed by atoms with Crippen molar-refractivity contribution in [3.8, 4) is 0 Å². The van der Waals surface area contributed by atoms with Crippen LogP contribution in [0.1, 0.15) is 48.5 Å². The number of thiophene rings is 1. The lowest BCUT2D eigenvalue weighted by Gasteiger charge is -2.41. The van der Waals surface area contributed by atoms with Crippen molar-refractivity contribution in [3.63, 3.8) is 0 Å². The topological polar surface area (TPSA) is 90.6 Å². The molecule has 7 heteroatoms. The molecule has 1 aromatic heterocycles. The van der Waals surface area contributed by atoms with Gasteiger partial charge in [0.1, 0.15) is 11.6 Å². The summed E-state index contributed by atoms with van der Waals surface area (Å²) < 4.78 is 10.9. The summed E-state index contributed by atoms with van der Waals surface area (Å²) in [5.74, 6) is -0.861. The van der Waals surface area contributed by atoms with Crippen molar-refractivity contribution in [2.24, 2.45) is 5.73 Å². The summed E-state index contributed by atoms with van der Waals surface area (Å²) in [6, 6.07) is 0. The summed E-state index contributed by atoms with van der Waals surface area (Å²) in [6.07, 6.45) is 0.570. The summed E-state index contributed by atoms with van der Waals surface area (Å²) in [5, 5.41) is 3.18. The van der Waals surface area contributed by atoms with Crippen LogP contribution in [0.25, 0.3) is 0 Å². The lowest BCUT2D eigenvalue weighted by molar-refractivity contribution is -0.135. The molecule has 0 saturated heterocycles. The monoisotopic (exact) mass is 326 g/mol. The third-order valence-electron chi connectivity index (χ3n) is 3.46. The number of primary amides is 1. The number of nitrogens with two attached hydrogens (primary N) is 1. The molecule has 2 amide bonds. The van der Waals surface area contributed by atoms with Gasteiger partial charge < -0.3 is 20.5 Å². The Balaban J connectivity index is 2.53. The number of amides is 2. The first kappa shape index (κ1) is 16.9. The standard InChI is InChI=1S/C15H22N2O4S/c1-14(2)6-8-10(12(16)19)13(17-9(18)7-20-5)22-11(8)15(3,4)21-14/h6-7H2,1-5H3,(H2,16,19)(H,17,18). The highest BCUT2D eigenvalue weighted by Gasteiger charge is 2.42. The molecule has 2 rings (SSSR count). The fraction of sp³-hybridized carbons (Fsp3) is 0.600. The highest BCUT2D eigenvalue weighted by molar-refractivity contribution is 7.17. The molecule has 1 aromatic rings. The van der Waals surface area contributed by atoms with E-state index in [4.69, 9.17) is 15.2 Å². The predicted molar refractivity (Wildman–Crippen MR) is 85.2 cm³/mol. The van der Waals surface area contributed by atoms with Crippen LogP contribution in [0.4, 0.5) is 5.00 Å². The van der Waals surface area contributed by atoms with E-state index in [1.54, 1.807) is 0 Å². The Morgan fingerprint density at radius 3 is 2.55 bits per heavy atom. The summed E-state index contributed by atoms with van der Waals surface area (Å²) in [5.41, 5.74) is 5.85. The van der Waals surface area contributed by atoms with Crippen molar-refractivity contribution in [3.05, 3.63) is 16.0 Å². The van der Waals surface area contributed by atoms with Crippen LogP contribution in [0.5, 0.6) is 0 Å². The molecule has 0 aliphatic carbocycles. The molecule has 0 aromatic carbocycles. The number of ether oxygens (including phenoxy) is 2. The van der Waals surface area contributed by atoms with Gasteiger partial charge in [0.25, 0.3) is 11.8 Å². The number of carbonyl (C=O) groups excluding carboxylic acids is 2. The van der Waals surface area contributed by atoms with Crippen molar-refractivity contribution >= 4 is 28.2 Å². The maximum absolute atomic E-state index is 11.9. The minimum Gasteiger partial charge on any atom is -0.375 e. The van der Waals surface area contributed by atoms with Crippen LogP contribution in [0.2, 0.25) is 0 Å². The smallest absolute Gasteiger partial charge is 0.251 e. The van der Waals surface area contributed by atoms with Crippen LogP contribution in [0.15, 0.2) is 0 Å². The Labute approximate surface area is 134 Å². The van der Waals surface area contributed by atoms with Gasteiger partial charge in [0, 0.05) is 18.4 Å². The van der Waals surface area contributed by atoms with Crippen molar-refractivity contribution in [1.82, 2.24) is 0 Å². The zero-order chi connectivity index (χ0) is 16.7. The van der Waals surface area contributed by atoms with Crippen LogP contribution in [-0.2, 0) is 26.3 Å². The normalized spacial score (nSPS) is 18.6. The Morgan fingerprint density at radius 2 is 2.00 bits per heavy atom. The maximum Gasteiger partial charge on any atom is 0.251 e. The molecule has 3 N–H and O–H groups in total. The van der Waals surface area contributed by atoms with Gasteiger partial charge in [-0.15, -0.1) is 11.3 Å². The second-order valence-corrected chi connectivity index (χ2v) is 7.53. The first-order valence-corrected chi connectivity index (χ1v) is 7.84. The third-order valence-corrected chi connectivity index (χ3v) is 4.92. The number of hydrogen-bond acceptors (Lipinski definition) is 5. The molecule has 0 spiro atoms. The van der Waals surface area contributed by atoms with Crippen molar-refractivity contribution in [2.75, 3.05) is 19.0 Å². The number of rotatable bonds is 4. The van der Waals surface area contributed by atoms with Crippen molar-refractivity contribution in [1.29, 1.82) is 0 Å². The van der Waals surface area contributed by atoms with E-state index in [0.717, 1.165) is 10.4 Å². The lowest BCUT2D eigenvalue weighted by atomic mass is 9.86. The second-order valence-electron chi connectivity index (χ2n) is 6.51. The molecular weight excluding hydrogens is 304 g/mol. The highest BCUT2D eigenvalue weighted by Crippen LogP contribution is 2.48. The summed E-state index contributed by atoms with van der Waals surface area (Å²) in [6.45, 7) is 7.78. The van der Waals surface area contributed by atoms with E-state index in [1.165, 1.54) is 18.4 Å². The van der Waals surface area contributed by atoms with E-state index in [0.29, 0.717) is 17.0 Å². The summed E-state index contributed by atoms with van der Waals surface area (Å²) >= 11 is 1.34. The molecule has 1 aliphatic rings. The fourth-order valence-corrected chi connectivity index (χ4v) is 4.24. The molecule has 6 nitrogen and oxygen atoms in total. The van der Waals surface area contributed by atoms with Crippen molar-refractivity contribution < 1.29 is 19.1 Å². The number of carbonyl (C=O) groups is 2. The molecule has 0 fully saturated rings. The minimum absolute atomic E-state index is 0.0772. The number of methoxy groups -OCH3 is 1. The minimum atomic E-state index is -0.545. The molecule has 122 valence electrons. The predicted octanol–water partition coefficient (Wildman–Crippen LogP) is 2.02. The van der Waals surface area contributed by atoms with Crippen LogP contribution in [0.3, 0.4) is 0 Å². The second kappa shape index (κ2) is 5.64. The highest BCUT2D eigenvalue weighted by atomic mass is 32.1. The van der Waals surface area contributed by atoms with Crippen LogP contribution in [-0.4, -0.2) is 31.1 Å². The van der Waals surface area contributed by atoms with E-state index in [-0.39, 0.29) is 12.5 Å². The molecule has 0 bridgehead atoms. The van der Waals surface area contributed by atoms with Gasteiger partial charge >= 0.3 is 0 Å². The summed E-state index contributed by atoms with van der Waals surface area (Å²) in [7, 11) is 1.44. The largest absolute Gasteiger partial charge is 0.375 e. The van der Waals surface area contributed by atoms with Gasteiger partial charge in [0.05, 0.1) is 16.8 Å². The molecule has 0 saturated carbocycles. The molecule has 0 radical (unpaired) electrons. The molecule has 0 atom stereocenters. The Morgan fingerprint density at radius 1 is 1.36 bits per heavy atom. The van der Waals surface area contributed by atoms with Gasteiger partial charge in [-0.2, -0.15) is 0 Å². The number of nitrogens with one attached hydrogen (secondary N) is 1. The fourth-order valence-electron chi connectivity index (χ4n) is 2.96. The molecule has 1 aliphatic heterocycles.